The molecule has 1 aromatic rings. The zero-order chi connectivity index (χ0) is 11.5. The Labute approximate surface area is 107 Å². The Bertz CT molecular complexity index is 364. The molecule has 2 N–H and O–H groups in total. The van der Waals surface area contributed by atoms with E-state index in [4.69, 9.17) is 5.73 Å². The first-order valence-corrected chi connectivity index (χ1v) is 5.89. The molecule has 0 radical (unpaired) electrons. The summed E-state index contributed by atoms with van der Waals surface area (Å²) in [6, 6.07) is 3.16. The van der Waals surface area contributed by atoms with Gasteiger partial charge in [-0.25, -0.2) is 8.78 Å². The molecule has 1 aliphatic rings. The van der Waals surface area contributed by atoms with Gasteiger partial charge in [0.1, 0.15) is 11.6 Å². The van der Waals surface area contributed by atoms with E-state index < -0.39 is 5.82 Å². The molecular weight excluding hydrogens is 244 g/mol. The average molecular weight is 262 g/mol. The Morgan fingerprint density at radius 1 is 1.12 bits per heavy atom. The summed E-state index contributed by atoms with van der Waals surface area (Å²) in [5.74, 6) is -0.507. The molecule has 0 aliphatic heterocycles. The summed E-state index contributed by atoms with van der Waals surface area (Å²) in [5.41, 5.74) is 6.36. The maximum atomic E-state index is 13.5. The molecule has 0 aromatic heterocycles. The Morgan fingerprint density at radius 2 is 1.76 bits per heavy atom. The van der Waals surface area contributed by atoms with Crippen LogP contribution >= 0.6 is 12.4 Å². The van der Waals surface area contributed by atoms with Crippen LogP contribution in [0.3, 0.4) is 0 Å². The lowest BCUT2D eigenvalue weighted by atomic mass is 9.81. The lowest BCUT2D eigenvalue weighted by Gasteiger charge is -2.27. The van der Waals surface area contributed by atoms with Gasteiger partial charge in [0.25, 0.3) is 0 Å². The van der Waals surface area contributed by atoms with E-state index in [-0.39, 0.29) is 24.3 Å². The highest BCUT2D eigenvalue weighted by Gasteiger charge is 2.24. The van der Waals surface area contributed by atoms with Gasteiger partial charge in [0.15, 0.2) is 0 Å². The summed E-state index contributed by atoms with van der Waals surface area (Å²) >= 11 is 0. The fourth-order valence-electron chi connectivity index (χ4n) is 2.52. The van der Waals surface area contributed by atoms with Gasteiger partial charge >= 0.3 is 0 Å². The summed E-state index contributed by atoms with van der Waals surface area (Å²) in [4.78, 5) is 0. The number of hydrogen-bond acceptors (Lipinski definition) is 1. The number of benzene rings is 1. The van der Waals surface area contributed by atoms with Crippen LogP contribution in [-0.4, -0.2) is 0 Å². The van der Waals surface area contributed by atoms with E-state index in [1.165, 1.54) is 12.5 Å². The monoisotopic (exact) mass is 261 g/mol. The lowest BCUT2D eigenvalue weighted by Crippen LogP contribution is -2.24. The van der Waals surface area contributed by atoms with Gasteiger partial charge in [0.2, 0.25) is 0 Å². The quantitative estimate of drug-likeness (QED) is 0.857. The lowest BCUT2D eigenvalue weighted by molar-refractivity contribution is 0.303. The van der Waals surface area contributed by atoms with Crippen molar-refractivity contribution in [1.29, 1.82) is 0 Å². The topological polar surface area (TPSA) is 26.0 Å². The SMILES string of the molecule is Cl.N[C@H](c1cc(F)ccc1F)C1CCCCC1. The van der Waals surface area contributed by atoms with Gasteiger partial charge in [-0.3, -0.25) is 0 Å². The summed E-state index contributed by atoms with van der Waals surface area (Å²) in [7, 11) is 0. The van der Waals surface area contributed by atoms with Gasteiger partial charge in [-0.2, -0.15) is 0 Å². The Balaban J connectivity index is 0.00000144. The van der Waals surface area contributed by atoms with Crippen molar-refractivity contribution in [3.8, 4) is 0 Å². The smallest absolute Gasteiger partial charge is 0.128 e. The van der Waals surface area contributed by atoms with Gasteiger partial charge in [-0.05, 0) is 37.0 Å². The Kier molecular flexibility index (Phi) is 5.34. The van der Waals surface area contributed by atoms with E-state index in [2.05, 4.69) is 0 Å². The van der Waals surface area contributed by atoms with Crippen molar-refractivity contribution in [3.05, 3.63) is 35.4 Å². The molecule has 96 valence electrons. The molecular formula is C13H18ClF2N. The molecule has 4 heteroatoms. The van der Waals surface area contributed by atoms with E-state index in [1.54, 1.807) is 0 Å². The van der Waals surface area contributed by atoms with Crippen LogP contribution in [0.2, 0.25) is 0 Å². The van der Waals surface area contributed by atoms with Crippen LogP contribution in [0.15, 0.2) is 18.2 Å². The summed E-state index contributed by atoms with van der Waals surface area (Å²) in [6.07, 6.45) is 5.58. The Hall–Kier alpha value is -0.670. The fourth-order valence-corrected chi connectivity index (χ4v) is 2.52. The maximum absolute atomic E-state index is 13.5. The molecule has 0 saturated heterocycles. The third kappa shape index (κ3) is 3.39. The molecule has 17 heavy (non-hydrogen) atoms. The van der Waals surface area contributed by atoms with Crippen molar-refractivity contribution in [2.75, 3.05) is 0 Å². The van der Waals surface area contributed by atoms with Crippen molar-refractivity contribution >= 4 is 12.4 Å². The maximum Gasteiger partial charge on any atom is 0.128 e. The van der Waals surface area contributed by atoms with Crippen LogP contribution in [0.25, 0.3) is 0 Å². The minimum atomic E-state index is -0.414. The third-order valence-corrected chi connectivity index (χ3v) is 3.47. The second-order valence-corrected chi connectivity index (χ2v) is 4.59. The number of nitrogens with two attached hydrogens (primary N) is 1. The molecule has 1 aliphatic carbocycles. The van der Waals surface area contributed by atoms with Crippen molar-refractivity contribution < 1.29 is 8.78 Å². The number of rotatable bonds is 2. The predicted octanol–water partition coefficient (Wildman–Crippen LogP) is 3.97. The van der Waals surface area contributed by atoms with Gasteiger partial charge < -0.3 is 5.73 Å². The number of hydrogen-bond donors (Lipinski definition) is 1. The van der Waals surface area contributed by atoms with Crippen molar-refractivity contribution in [1.82, 2.24) is 0 Å². The van der Waals surface area contributed by atoms with Crippen molar-refractivity contribution in [2.45, 2.75) is 38.1 Å². The first-order chi connectivity index (χ1) is 7.68. The molecule has 1 fully saturated rings. The average Bonchev–Trinajstić information content (AvgIpc) is 2.32. The highest BCUT2D eigenvalue weighted by molar-refractivity contribution is 5.85. The van der Waals surface area contributed by atoms with Crippen molar-refractivity contribution in [2.24, 2.45) is 11.7 Å². The predicted molar refractivity (Wildman–Crippen MR) is 67.1 cm³/mol. The summed E-state index contributed by atoms with van der Waals surface area (Å²) in [5, 5.41) is 0. The Morgan fingerprint density at radius 3 is 2.41 bits per heavy atom. The second-order valence-electron chi connectivity index (χ2n) is 4.59. The van der Waals surface area contributed by atoms with Crippen LogP contribution in [0.5, 0.6) is 0 Å². The van der Waals surface area contributed by atoms with Gasteiger partial charge in [-0.1, -0.05) is 19.3 Å². The molecule has 1 nitrogen and oxygen atoms in total. The highest BCUT2D eigenvalue weighted by atomic mass is 35.5. The molecule has 1 saturated carbocycles. The first kappa shape index (κ1) is 14.4. The van der Waals surface area contributed by atoms with Crippen LogP contribution in [0.4, 0.5) is 8.78 Å². The van der Waals surface area contributed by atoms with Crippen molar-refractivity contribution in [3.63, 3.8) is 0 Å². The van der Waals surface area contributed by atoms with E-state index in [0.29, 0.717) is 11.5 Å². The molecule has 1 aromatic carbocycles. The molecule has 0 heterocycles. The molecule has 2 rings (SSSR count). The normalized spacial score (nSPS) is 18.5. The zero-order valence-electron chi connectivity index (χ0n) is 9.66. The fraction of sp³-hybridized carbons (Fsp3) is 0.538. The number of halogens is 3. The van der Waals surface area contributed by atoms with Gasteiger partial charge in [0, 0.05) is 11.6 Å². The molecule has 0 unspecified atom stereocenters. The van der Waals surface area contributed by atoms with Crippen LogP contribution in [0.1, 0.15) is 43.7 Å². The van der Waals surface area contributed by atoms with E-state index >= 15 is 0 Å². The van der Waals surface area contributed by atoms with E-state index in [1.807, 2.05) is 0 Å². The van der Waals surface area contributed by atoms with Crippen LogP contribution in [-0.2, 0) is 0 Å². The van der Waals surface area contributed by atoms with E-state index in [0.717, 1.165) is 37.8 Å². The molecule has 1 atom stereocenters. The molecule has 0 amide bonds. The van der Waals surface area contributed by atoms with E-state index in [9.17, 15) is 8.78 Å². The standard InChI is InChI=1S/C13H17F2N.ClH/c14-10-6-7-12(15)11(8-10)13(16)9-4-2-1-3-5-9;/h6-9,13H,1-5,16H2;1H/t13-;/m0./s1. The molecule has 0 spiro atoms. The highest BCUT2D eigenvalue weighted by Crippen LogP contribution is 2.33. The van der Waals surface area contributed by atoms with Gasteiger partial charge in [-0.15, -0.1) is 12.4 Å². The largest absolute Gasteiger partial charge is 0.324 e. The van der Waals surface area contributed by atoms with Crippen LogP contribution < -0.4 is 5.73 Å². The zero-order valence-corrected chi connectivity index (χ0v) is 10.5. The minimum absolute atomic E-state index is 0. The summed E-state index contributed by atoms with van der Waals surface area (Å²) < 4.78 is 26.6. The van der Waals surface area contributed by atoms with Crippen LogP contribution in [0, 0.1) is 17.6 Å². The van der Waals surface area contributed by atoms with Gasteiger partial charge in [0.05, 0.1) is 0 Å². The minimum Gasteiger partial charge on any atom is -0.324 e. The third-order valence-electron chi connectivity index (χ3n) is 3.47. The molecule has 0 bridgehead atoms. The summed E-state index contributed by atoms with van der Waals surface area (Å²) in [6.45, 7) is 0. The second kappa shape index (κ2) is 6.31. The first-order valence-electron chi connectivity index (χ1n) is 5.89.